The van der Waals surface area contributed by atoms with Gasteiger partial charge in [-0.05, 0) is 24.2 Å². The van der Waals surface area contributed by atoms with Gasteiger partial charge in [0.2, 0.25) is 0 Å². The van der Waals surface area contributed by atoms with E-state index >= 15 is 0 Å². The summed E-state index contributed by atoms with van der Waals surface area (Å²) < 4.78 is 1.81. The van der Waals surface area contributed by atoms with Gasteiger partial charge < -0.3 is 5.73 Å². The van der Waals surface area contributed by atoms with Crippen molar-refractivity contribution < 1.29 is 4.79 Å². The number of thiophene rings is 1. The van der Waals surface area contributed by atoms with E-state index in [-0.39, 0.29) is 11.7 Å². The molecule has 1 unspecified atom stereocenters. The first-order chi connectivity index (χ1) is 11.2. The molecule has 0 aliphatic heterocycles. The van der Waals surface area contributed by atoms with Gasteiger partial charge in [0.1, 0.15) is 0 Å². The van der Waals surface area contributed by atoms with Crippen molar-refractivity contribution in [2.24, 2.45) is 12.8 Å². The standard InChI is InChI=1S/C18H19N3OS/c1-21-16(7-8-20-21)15-10-18(23-12-15)17(22)9-14(11-19)13-5-3-2-4-6-13/h2-8,10,12,14H,9,11,19H2,1H3. The Morgan fingerprint density at radius 2 is 2.09 bits per heavy atom. The summed E-state index contributed by atoms with van der Waals surface area (Å²) in [6.45, 7) is 0.468. The second-order valence-corrected chi connectivity index (χ2v) is 6.42. The molecule has 0 amide bonds. The van der Waals surface area contributed by atoms with Crippen LogP contribution in [0.3, 0.4) is 0 Å². The van der Waals surface area contributed by atoms with E-state index in [1.54, 1.807) is 6.20 Å². The maximum atomic E-state index is 12.6. The molecule has 5 heteroatoms. The Labute approximate surface area is 139 Å². The van der Waals surface area contributed by atoms with Crippen molar-refractivity contribution in [1.29, 1.82) is 0 Å². The monoisotopic (exact) mass is 325 g/mol. The summed E-state index contributed by atoms with van der Waals surface area (Å²) in [6.07, 6.45) is 2.19. The lowest BCUT2D eigenvalue weighted by molar-refractivity contribution is 0.0978. The summed E-state index contributed by atoms with van der Waals surface area (Å²) in [5.74, 6) is 0.202. The first-order valence-corrected chi connectivity index (χ1v) is 8.42. The Morgan fingerprint density at radius 1 is 1.30 bits per heavy atom. The smallest absolute Gasteiger partial charge is 0.173 e. The molecule has 0 bridgehead atoms. The number of hydrogen-bond acceptors (Lipinski definition) is 4. The molecule has 118 valence electrons. The maximum absolute atomic E-state index is 12.6. The molecular weight excluding hydrogens is 306 g/mol. The summed E-state index contributed by atoms with van der Waals surface area (Å²) in [5.41, 5.74) is 9.03. The minimum atomic E-state index is 0.0611. The molecule has 0 aliphatic rings. The van der Waals surface area contributed by atoms with Gasteiger partial charge in [0.05, 0.1) is 10.6 Å². The number of rotatable bonds is 6. The van der Waals surface area contributed by atoms with Gasteiger partial charge in [0.25, 0.3) is 0 Å². The largest absolute Gasteiger partial charge is 0.330 e. The molecule has 2 N–H and O–H groups in total. The molecule has 1 atom stereocenters. The van der Waals surface area contributed by atoms with E-state index in [0.29, 0.717) is 13.0 Å². The quantitative estimate of drug-likeness (QED) is 0.706. The molecule has 3 rings (SSSR count). The highest BCUT2D eigenvalue weighted by atomic mass is 32.1. The Morgan fingerprint density at radius 3 is 2.74 bits per heavy atom. The Bertz CT molecular complexity index is 791. The van der Waals surface area contributed by atoms with E-state index in [1.807, 2.05) is 59.6 Å². The number of hydrogen-bond donors (Lipinski definition) is 1. The Balaban J connectivity index is 1.76. The van der Waals surface area contributed by atoms with E-state index in [9.17, 15) is 4.79 Å². The normalized spacial score (nSPS) is 12.3. The molecule has 0 radical (unpaired) electrons. The van der Waals surface area contributed by atoms with Crippen molar-refractivity contribution in [3.8, 4) is 11.3 Å². The van der Waals surface area contributed by atoms with Crippen LogP contribution in [-0.4, -0.2) is 22.1 Å². The van der Waals surface area contributed by atoms with Gasteiger partial charge in [-0.2, -0.15) is 5.10 Å². The summed E-state index contributed by atoms with van der Waals surface area (Å²) >= 11 is 1.48. The fourth-order valence-electron chi connectivity index (χ4n) is 2.66. The topological polar surface area (TPSA) is 60.9 Å². The second-order valence-electron chi connectivity index (χ2n) is 5.51. The number of nitrogens with zero attached hydrogens (tertiary/aromatic N) is 2. The highest BCUT2D eigenvalue weighted by Crippen LogP contribution is 2.28. The molecule has 0 aliphatic carbocycles. The third kappa shape index (κ3) is 3.41. The van der Waals surface area contributed by atoms with Crippen molar-refractivity contribution in [3.63, 3.8) is 0 Å². The van der Waals surface area contributed by atoms with Crippen LogP contribution in [-0.2, 0) is 7.05 Å². The fraction of sp³-hybridized carbons (Fsp3) is 0.222. The van der Waals surface area contributed by atoms with Gasteiger partial charge in [0, 0.05) is 36.5 Å². The Kier molecular flexibility index (Phi) is 4.69. The average Bonchev–Trinajstić information content (AvgIpc) is 3.21. The third-order valence-corrected chi connectivity index (χ3v) is 4.95. The van der Waals surface area contributed by atoms with Crippen molar-refractivity contribution >= 4 is 17.1 Å². The number of nitrogens with two attached hydrogens (primary N) is 1. The third-order valence-electron chi connectivity index (χ3n) is 3.98. The zero-order valence-corrected chi connectivity index (χ0v) is 13.8. The first-order valence-electron chi connectivity index (χ1n) is 7.54. The minimum absolute atomic E-state index is 0.0611. The van der Waals surface area contributed by atoms with Crippen LogP contribution in [0.25, 0.3) is 11.3 Å². The lowest BCUT2D eigenvalue weighted by Crippen LogP contribution is -2.16. The van der Waals surface area contributed by atoms with Gasteiger partial charge in [-0.3, -0.25) is 9.48 Å². The van der Waals surface area contributed by atoms with Crippen LogP contribution >= 0.6 is 11.3 Å². The Hall–Kier alpha value is -2.24. The lowest BCUT2D eigenvalue weighted by Gasteiger charge is -2.13. The van der Waals surface area contributed by atoms with Gasteiger partial charge >= 0.3 is 0 Å². The van der Waals surface area contributed by atoms with Crippen LogP contribution in [0.4, 0.5) is 0 Å². The van der Waals surface area contributed by atoms with E-state index in [2.05, 4.69) is 5.10 Å². The molecule has 0 spiro atoms. The number of aryl methyl sites for hydroxylation is 1. The van der Waals surface area contributed by atoms with Crippen LogP contribution in [0, 0.1) is 0 Å². The van der Waals surface area contributed by atoms with E-state index in [4.69, 9.17) is 5.73 Å². The van der Waals surface area contributed by atoms with Crippen LogP contribution in [0.1, 0.15) is 27.6 Å². The molecule has 23 heavy (non-hydrogen) atoms. The zero-order chi connectivity index (χ0) is 16.2. The molecule has 0 saturated heterocycles. The van der Waals surface area contributed by atoms with Gasteiger partial charge in [-0.25, -0.2) is 0 Å². The minimum Gasteiger partial charge on any atom is -0.330 e. The maximum Gasteiger partial charge on any atom is 0.173 e. The second kappa shape index (κ2) is 6.89. The lowest BCUT2D eigenvalue weighted by atomic mass is 9.93. The molecule has 3 aromatic rings. The highest BCUT2D eigenvalue weighted by Gasteiger charge is 2.18. The fourth-order valence-corrected chi connectivity index (χ4v) is 3.51. The summed E-state index contributed by atoms with van der Waals surface area (Å²) in [5, 5.41) is 6.17. The number of benzene rings is 1. The highest BCUT2D eigenvalue weighted by molar-refractivity contribution is 7.12. The molecule has 2 heterocycles. The van der Waals surface area contributed by atoms with Crippen molar-refractivity contribution in [1.82, 2.24) is 9.78 Å². The van der Waals surface area contributed by atoms with E-state index < -0.39 is 0 Å². The summed E-state index contributed by atoms with van der Waals surface area (Å²) in [6, 6.07) is 13.9. The first kappa shape index (κ1) is 15.6. The molecule has 0 saturated carbocycles. The predicted molar refractivity (Wildman–Crippen MR) is 93.7 cm³/mol. The van der Waals surface area contributed by atoms with Gasteiger partial charge in [-0.1, -0.05) is 30.3 Å². The van der Waals surface area contributed by atoms with Crippen LogP contribution < -0.4 is 5.73 Å². The van der Waals surface area contributed by atoms with Gasteiger partial charge in [0.15, 0.2) is 5.78 Å². The van der Waals surface area contributed by atoms with Crippen LogP contribution in [0.2, 0.25) is 0 Å². The van der Waals surface area contributed by atoms with E-state index in [0.717, 1.165) is 21.7 Å². The van der Waals surface area contributed by atoms with Gasteiger partial charge in [-0.15, -0.1) is 11.3 Å². The SMILES string of the molecule is Cn1nccc1-c1csc(C(=O)CC(CN)c2ccccc2)c1. The summed E-state index contributed by atoms with van der Waals surface area (Å²) in [4.78, 5) is 13.4. The molecule has 0 fully saturated rings. The number of carbonyl (C=O) groups is 1. The molecule has 4 nitrogen and oxygen atoms in total. The average molecular weight is 325 g/mol. The number of carbonyl (C=O) groups excluding carboxylic acids is 1. The number of aromatic nitrogens is 2. The predicted octanol–water partition coefficient (Wildman–Crippen LogP) is 3.46. The molecular formula is C18H19N3OS. The van der Waals surface area contributed by atoms with Crippen molar-refractivity contribution in [3.05, 3.63) is 64.5 Å². The zero-order valence-electron chi connectivity index (χ0n) is 13.0. The van der Waals surface area contributed by atoms with E-state index in [1.165, 1.54) is 11.3 Å². The van der Waals surface area contributed by atoms with Crippen LogP contribution in [0.5, 0.6) is 0 Å². The van der Waals surface area contributed by atoms with Crippen molar-refractivity contribution in [2.75, 3.05) is 6.54 Å². The molecule has 1 aromatic carbocycles. The molecule has 2 aromatic heterocycles. The van der Waals surface area contributed by atoms with Crippen LogP contribution in [0.15, 0.2) is 54.0 Å². The number of Topliss-reactive ketones (excluding diaryl/α,β-unsaturated/α-hetero) is 1. The number of ketones is 1. The van der Waals surface area contributed by atoms with Crippen molar-refractivity contribution in [2.45, 2.75) is 12.3 Å². The summed E-state index contributed by atoms with van der Waals surface area (Å²) in [7, 11) is 1.90.